The summed E-state index contributed by atoms with van der Waals surface area (Å²) in [4.78, 5) is 42.8. The molecule has 2 aromatic carbocycles. The van der Waals surface area contributed by atoms with E-state index in [9.17, 15) is 14.4 Å². The Morgan fingerprint density at radius 2 is 1.58 bits per heavy atom. The molecule has 0 aliphatic carbocycles. The summed E-state index contributed by atoms with van der Waals surface area (Å²) in [5.41, 5.74) is 4.60. The maximum absolute atomic E-state index is 13.0. The van der Waals surface area contributed by atoms with Crippen molar-refractivity contribution in [2.24, 2.45) is 0 Å². The molecule has 2 aliphatic heterocycles. The van der Waals surface area contributed by atoms with E-state index in [1.54, 1.807) is 6.92 Å². The zero-order valence-electron chi connectivity index (χ0n) is 19.0. The maximum Gasteiger partial charge on any atom is 0.247 e. The number of aryl methyl sites for hydroxylation is 2. The first kappa shape index (κ1) is 23.4. The molecule has 0 aromatic heterocycles. The summed E-state index contributed by atoms with van der Waals surface area (Å²) in [6.45, 7) is 8.63. The number of carbonyl (C=O) groups is 3. The SMILES string of the molecule is CC(=O)c1ccc(N2CCN(C(=S)S[C@H]3CC(=O)N(c4ccc(C)c(C)c4)C3=O)CC2)cc1. The van der Waals surface area contributed by atoms with Gasteiger partial charge in [0.25, 0.3) is 0 Å². The van der Waals surface area contributed by atoms with E-state index in [1.807, 2.05) is 56.3 Å². The van der Waals surface area contributed by atoms with E-state index in [0.29, 0.717) is 15.6 Å². The number of ketones is 1. The molecule has 172 valence electrons. The molecule has 0 saturated carbocycles. The monoisotopic (exact) mass is 481 g/mol. The number of hydrogen-bond donors (Lipinski definition) is 0. The highest BCUT2D eigenvalue weighted by Crippen LogP contribution is 2.32. The quantitative estimate of drug-likeness (QED) is 0.372. The second kappa shape index (κ2) is 9.65. The molecule has 4 rings (SSSR count). The van der Waals surface area contributed by atoms with Crippen LogP contribution in [-0.2, 0) is 9.59 Å². The van der Waals surface area contributed by atoms with Crippen molar-refractivity contribution in [3.63, 3.8) is 0 Å². The number of amides is 2. The molecule has 2 saturated heterocycles. The minimum atomic E-state index is -0.483. The highest BCUT2D eigenvalue weighted by Gasteiger charge is 2.41. The first-order chi connectivity index (χ1) is 15.7. The Hall–Kier alpha value is -2.71. The molecule has 0 unspecified atom stereocenters. The number of hydrogen-bond acceptors (Lipinski definition) is 6. The molecule has 2 fully saturated rings. The first-order valence-electron chi connectivity index (χ1n) is 11.0. The summed E-state index contributed by atoms with van der Waals surface area (Å²) in [6.07, 6.45) is 0.166. The molecule has 8 heteroatoms. The third-order valence-corrected chi connectivity index (χ3v) is 7.93. The largest absolute Gasteiger partial charge is 0.368 e. The number of carbonyl (C=O) groups excluding carboxylic acids is 3. The van der Waals surface area contributed by atoms with Crippen LogP contribution in [0.1, 0.15) is 34.8 Å². The van der Waals surface area contributed by atoms with Crippen molar-refractivity contribution in [3.05, 3.63) is 59.2 Å². The van der Waals surface area contributed by atoms with Crippen molar-refractivity contribution in [2.45, 2.75) is 32.4 Å². The Balaban J connectivity index is 1.34. The molecule has 0 radical (unpaired) electrons. The molecule has 0 bridgehead atoms. The van der Waals surface area contributed by atoms with Gasteiger partial charge in [-0.1, -0.05) is 30.0 Å². The van der Waals surface area contributed by atoms with E-state index in [0.717, 1.165) is 43.0 Å². The van der Waals surface area contributed by atoms with Crippen LogP contribution in [0.2, 0.25) is 0 Å². The van der Waals surface area contributed by atoms with E-state index in [2.05, 4.69) is 9.80 Å². The maximum atomic E-state index is 13.0. The van der Waals surface area contributed by atoms with Crippen molar-refractivity contribution < 1.29 is 14.4 Å². The molecule has 33 heavy (non-hydrogen) atoms. The lowest BCUT2D eigenvalue weighted by Gasteiger charge is -2.37. The van der Waals surface area contributed by atoms with Crippen LogP contribution in [0, 0.1) is 13.8 Å². The smallest absolute Gasteiger partial charge is 0.247 e. The number of rotatable bonds is 4. The Morgan fingerprint density at radius 3 is 2.18 bits per heavy atom. The van der Waals surface area contributed by atoms with Gasteiger partial charge in [0.15, 0.2) is 5.78 Å². The predicted octanol–water partition coefficient (Wildman–Crippen LogP) is 3.98. The van der Waals surface area contributed by atoms with E-state index in [4.69, 9.17) is 12.2 Å². The minimum absolute atomic E-state index is 0.0600. The number of nitrogens with zero attached hydrogens (tertiary/aromatic N) is 3. The van der Waals surface area contributed by atoms with Crippen LogP contribution in [0.15, 0.2) is 42.5 Å². The molecule has 2 aliphatic rings. The van der Waals surface area contributed by atoms with Crippen molar-refractivity contribution >= 4 is 57.3 Å². The standard InChI is InChI=1S/C25H27N3O3S2/c1-16-4-7-21(14-17(16)2)28-23(30)15-22(24(28)31)33-25(32)27-12-10-26(11-13-27)20-8-5-19(6-9-20)18(3)29/h4-9,14,22H,10-13,15H2,1-3H3/t22-/m0/s1. The van der Waals surface area contributed by atoms with E-state index < -0.39 is 5.25 Å². The van der Waals surface area contributed by atoms with Crippen molar-refractivity contribution in [2.75, 3.05) is 36.0 Å². The van der Waals surface area contributed by atoms with Gasteiger partial charge >= 0.3 is 0 Å². The molecular formula is C25H27N3O3S2. The fraction of sp³-hybridized carbons (Fsp3) is 0.360. The van der Waals surface area contributed by atoms with Crippen molar-refractivity contribution in [3.8, 4) is 0 Å². The summed E-state index contributed by atoms with van der Waals surface area (Å²) in [6, 6.07) is 13.3. The van der Waals surface area contributed by atoms with Gasteiger partial charge in [0, 0.05) is 43.9 Å². The Kier molecular flexibility index (Phi) is 6.86. The fourth-order valence-corrected chi connectivity index (χ4v) is 5.62. The first-order valence-corrected chi connectivity index (χ1v) is 12.3. The molecule has 6 nitrogen and oxygen atoms in total. The molecule has 2 aromatic rings. The average molecular weight is 482 g/mol. The zero-order valence-corrected chi connectivity index (χ0v) is 20.7. The Morgan fingerprint density at radius 1 is 0.939 bits per heavy atom. The summed E-state index contributed by atoms with van der Waals surface area (Å²) >= 11 is 6.97. The summed E-state index contributed by atoms with van der Waals surface area (Å²) in [5.74, 6) is -0.313. The van der Waals surface area contributed by atoms with Gasteiger partial charge in [-0.25, -0.2) is 4.90 Å². The predicted molar refractivity (Wildman–Crippen MR) is 137 cm³/mol. The van der Waals surface area contributed by atoms with E-state index in [1.165, 1.54) is 16.7 Å². The molecule has 0 spiro atoms. The van der Waals surface area contributed by atoms with Gasteiger partial charge in [0.2, 0.25) is 11.8 Å². The topological polar surface area (TPSA) is 60.9 Å². The number of thiocarbonyl (C=S) groups is 1. The second-order valence-corrected chi connectivity index (χ2v) is 10.3. The zero-order chi connectivity index (χ0) is 23.7. The van der Waals surface area contributed by atoms with Crippen LogP contribution in [0.4, 0.5) is 11.4 Å². The van der Waals surface area contributed by atoms with Crippen molar-refractivity contribution in [1.29, 1.82) is 0 Å². The lowest BCUT2D eigenvalue weighted by atomic mass is 10.1. The molecule has 2 amide bonds. The van der Waals surface area contributed by atoms with Gasteiger partial charge in [-0.05, 0) is 68.3 Å². The second-order valence-electron chi connectivity index (χ2n) is 8.49. The Bertz CT molecular complexity index is 1110. The van der Waals surface area contributed by atoms with Gasteiger partial charge in [-0.2, -0.15) is 0 Å². The van der Waals surface area contributed by atoms with E-state index >= 15 is 0 Å². The normalized spacial score (nSPS) is 18.8. The third-order valence-electron chi connectivity index (χ3n) is 6.27. The number of thioether (sulfide) groups is 1. The van der Waals surface area contributed by atoms with Gasteiger partial charge < -0.3 is 9.80 Å². The highest BCUT2D eigenvalue weighted by molar-refractivity contribution is 8.23. The van der Waals surface area contributed by atoms with Crippen LogP contribution in [0.3, 0.4) is 0 Å². The van der Waals surface area contributed by atoms with Crippen LogP contribution in [0.25, 0.3) is 0 Å². The minimum Gasteiger partial charge on any atom is -0.368 e. The van der Waals surface area contributed by atoms with Gasteiger partial charge in [0.05, 0.1) is 5.69 Å². The average Bonchev–Trinajstić information content (AvgIpc) is 3.08. The number of Topliss-reactive ketones (excluding diaryl/α,β-unsaturated/α-hetero) is 1. The Labute approximate surface area is 203 Å². The van der Waals surface area contributed by atoms with Crippen LogP contribution in [-0.4, -0.2) is 58.2 Å². The molecule has 0 N–H and O–H groups in total. The van der Waals surface area contributed by atoms with Crippen LogP contribution >= 0.6 is 24.0 Å². The number of piperazine rings is 1. The highest BCUT2D eigenvalue weighted by atomic mass is 32.2. The van der Waals surface area contributed by atoms with E-state index in [-0.39, 0.29) is 24.0 Å². The van der Waals surface area contributed by atoms with Gasteiger partial charge in [-0.3, -0.25) is 14.4 Å². The lowest BCUT2D eigenvalue weighted by Crippen LogP contribution is -2.48. The number of imide groups is 1. The number of anilines is 2. The summed E-state index contributed by atoms with van der Waals surface area (Å²) in [7, 11) is 0. The lowest BCUT2D eigenvalue weighted by molar-refractivity contribution is -0.121. The molecular weight excluding hydrogens is 454 g/mol. The van der Waals surface area contributed by atoms with Crippen molar-refractivity contribution in [1.82, 2.24) is 4.90 Å². The molecule has 2 heterocycles. The number of benzene rings is 2. The third kappa shape index (κ3) is 4.96. The van der Waals surface area contributed by atoms with Crippen LogP contribution in [0.5, 0.6) is 0 Å². The fourth-order valence-electron chi connectivity index (χ4n) is 4.08. The van der Waals surface area contributed by atoms with Gasteiger partial charge in [0.1, 0.15) is 9.57 Å². The summed E-state index contributed by atoms with van der Waals surface area (Å²) in [5, 5.41) is -0.483. The molecule has 1 atom stereocenters. The van der Waals surface area contributed by atoms with Crippen LogP contribution < -0.4 is 9.80 Å². The summed E-state index contributed by atoms with van der Waals surface area (Å²) < 4.78 is 0.662. The van der Waals surface area contributed by atoms with Gasteiger partial charge in [-0.15, -0.1) is 0 Å².